The zero-order chi connectivity index (χ0) is 14.1. The van der Waals surface area contributed by atoms with Crippen molar-refractivity contribution in [3.05, 3.63) is 50.1 Å². The summed E-state index contributed by atoms with van der Waals surface area (Å²) in [5, 5.41) is 14.8. The Morgan fingerprint density at radius 1 is 1.40 bits per heavy atom. The predicted molar refractivity (Wildman–Crippen MR) is 84.7 cm³/mol. The van der Waals surface area contributed by atoms with E-state index in [-0.39, 0.29) is 6.04 Å². The number of carboxylic acid groups (broad SMARTS) is 1. The van der Waals surface area contributed by atoms with Gasteiger partial charge in [-0.3, -0.25) is 0 Å². The summed E-state index contributed by atoms with van der Waals surface area (Å²) in [6.07, 6.45) is 3.31. The molecule has 0 saturated heterocycles. The molecule has 104 valence electrons. The van der Waals surface area contributed by atoms with Crippen molar-refractivity contribution in [2.45, 2.75) is 25.3 Å². The molecular formula is C15H14BrNO2S. The maximum atomic E-state index is 11.3. The molecule has 1 unspecified atom stereocenters. The molecule has 1 aromatic carbocycles. The molecule has 0 bridgehead atoms. The van der Waals surface area contributed by atoms with Crippen molar-refractivity contribution in [1.82, 2.24) is 0 Å². The van der Waals surface area contributed by atoms with E-state index in [9.17, 15) is 9.90 Å². The number of fused-ring (bicyclic) bond motifs is 1. The van der Waals surface area contributed by atoms with Crippen LogP contribution < -0.4 is 5.32 Å². The first-order chi connectivity index (χ1) is 9.65. The summed E-state index contributed by atoms with van der Waals surface area (Å²) in [5.74, 6) is -0.902. The van der Waals surface area contributed by atoms with Crippen LogP contribution in [-0.2, 0) is 6.42 Å². The molecule has 0 aliphatic heterocycles. The number of anilines is 1. The number of aromatic carboxylic acids is 1. The topological polar surface area (TPSA) is 49.3 Å². The van der Waals surface area contributed by atoms with Gasteiger partial charge in [0, 0.05) is 9.35 Å². The van der Waals surface area contributed by atoms with Gasteiger partial charge < -0.3 is 10.4 Å². The van der Waals surface area contributed by atoms with E-state index in [2.05, 4.69) is 32.7 Å². The lowest BCUT2D eigenvalue weighted by Gasteiger charge is -2.25. The monoisotopic (exact) mass is 351 g/mol. The van der Waals surface area contributed by atoms with Gasteiger partial charge in [-0.15, -0.1) is 11.3 Å². The number of carboxylic acids is 1. The van der Waals surface area contributed by atoms with E-state index in [1.807, 2.05) is 6.07 Å². The largest absolute Gasteiger partial charge is 0.478 e. The highest BCUT2D eigenvalue weighted by atomic mass is 79.9. The fourth-order valence-electron chi connectivity index (χ4n) is 2.65. The van der Waals surface area contributed by atoms with E-state index in [0.717, 1.165) is 23.7 Å². The SMILES string of the molecule is O=C(O)c1ccc(Br)cc1NC1CCCc2sccc21. The molecule has 1 aromatic heterocycles. The van der Waals surface area contributed by atoms with Crippen LogP contribution in [-0.4, -0.2) is 11.1 Å². The lowest BCUT2D eigenvalue weighted by molar-refractivity contribution is 0.0698. The number of halogens is 1. The van der Waals surface area contributed by atoms with E-state index >= 15 is 0 Å². The summed E-state index contributed by atoms with van der Waals surface area (Å²) < 4.78 is 0.881. The third-order valence-electron chi connectivity index (χ3n) is 3.59. The molecule has 0 radical (unpaired) electrons. The molecule has 1 heterocycles. The third-order valence-corrected chi connectivity index (χ3v) is 5.08. The van der Waals surface area contributed by atoms with Crippen molar-refractivity contribution in [2.24, 2.45) is 0 Å². The Labute approximate surface area is 129 Å². The molecule has 5 heteroatoms. The molecule has 0 saturated carbocycles. The first-order valence-corrected chi connectivity index (χ1v) is 8.18. The summed E-state index contributed by atoms with van der Waals surface area (Å²) in [5.41, 5.74) is 2.31. The maximum Gasteiger partial charge on any atom is 0.337 e. The Hall–Kier alpha value is -1.33. The zero-order valence-corrected chi connectivity index (χ0v) is 13.1. The minimum atomic E-state index is -0.902. The second kappa shape index (κ2) is 5.58. The van der Waals surface area contributed by atoms with Crippen LogP contribution in [0.2, 0.25) is 0 Å². The van der Waals surface area contributed by atoms with Gasteiger partial charge >= 0.3 is 5.97 Å². The molecule has 20 heavy (non-hydrogen) atoms. The molecule has 2 aromatic rings. The molecule has 0 fully saturated rings. The minimum absolute atomic E-state index is 0.206. The number of thiophene rings is 1. The fraction of sp³-hybridized carbons (Fsp3) is 0.267. The Balaban J connectivity index is 1.93. The van der Waals surface area contributed by atoms with Gasteiger partial charge in [0.25, 0.3) is 0 Å². The number of hydrogen-bond donors (Lipinski definition) is 2. The van der Waals surface area contributed by atoms with E-state index in [1.165, 1.54) is 10.4 Å². The summed E-state index contributed by atoms with van der Waals surface area (Å²) in [6, 6.07) is 7.58. The van der Waals surface area contributed by atoms with Crippen LogP contribution in [0, 0.1) is 0 Å². The Morgan fingerprint density at radius 3 is 3.05 bits per heavy atom. The van der Waals surface area contributed by atoms with Crippen LogP contribution in [0.5, 0.6) is 0 Å². The number of benzene rings is 1. The van der Waals surface area contributed by atoms with Crippen molar-refractivity contribution < 1.29 is 9.90 Å². The van der Waals surface area contributed by atoms with Crippen LogP contribution in [0.4, 0.5) is 5.69 Å². The summed E-state index contributed by atoms with van der Waals surface area (Å²) in [4.78, 5) is 12.7. The lowest BCUT2D eigenvalue weighted by Crippen LogP contribution is -2.17. The smallest absolute Gasteiger partial charge is 0.337 e. The second-order valence-electron chi connectivity index (χ2n) is 4.88. The Kier molecular flexibility index (Phi) is 3.81. The first-order valence-electron chi connectivity index (χ1n) is 6.51. The lowest BCUT2D eigenvalue weighted by atomic mass is 9.93. The average molecular weight is 352 g/mol. The highest BCUT2D eigenvalue weighted by molar-refractivity contribution is 9.10. The standard InChI is InChI=1S/C15H14BrNO2S/c16-9-4-5-11(15(18)19)13(8-9)17-12-2-1-3-14-10(12)6-7-20-14/h4-8,12,17H,1-3H2,(H,18,19). The Bertz CT molecular complexity index is 653. The van der Waals surface area contributed by atoms with Gasteiger partial charge in [-0.25, -0.2) is 4.79 Å². The van der Waals surface area contributed by atoms with Crippen molar-refractivity contribution >= 4 is 38.9 Å². The van der Waals surface area contributed by atoms with Crippen LogP contribution in [0.25, 0.3) is 0 Å². The van der Waals surface area contributed by atoms with E-state index in [4.69, 9.17) is 0 Å². The molecule has 2 N–H and O–H groups in total. The Morgan fingerprint density at radius 2 is 2.25 bits per heavy atom. The van der Waals surface area contributed by atoms with Crippen molar-refractivity contribution in [3.63, 3.8) is 0 Å². The van der Waals surface area contributed by atoms with E-state index in [0.29, 0.717) is 11.3 Å². The van der Waals surface area contributed by atoms with Crippen LogP contribution >= 0.6 is 27.3 Å². The van der Waals surface area contributed by atoms with Gasteiger partial charge in [-0.2, -0.15) is 0 Å². The molecule has 3 nitrogen and oxygen atoms in total. The molecule has 0 spiro atoms. The van der Waals surface area contributed by atoms with Crippen molar-refractivity contribution in [1.29, 1.82) is 0 Å². The van der Waals surface area contributed by atoms with Gasteiger partial charge in [-0.1, -0.05) is 15.9 Å². The number of rotatable bonds is 3. The summed E-state index contributed by atoms with van der Waals surface area (Å²) in [6.45, 7) is 0. The third kappa shape index (κ3) is 2.60. The van der Waals surface area contributed by atoms with Gasteiger partial charge in [-0.05, 0) is 54.5 Å². The minimum Gasteiger partial charge on any atom is -0.478 e. The molecule has 0 amide bonds. The average Bonchev–Trinajstić information content (AvgIpc) is 2.88. The van der Waals surface area contributed by atoms with Gasteiger partial charge in [0.05, 0.1) is 17.3 Å². The first kappa shape index (κ1) is 13.6. The predicted octanol–water partition coefficient (Wildman–Crippen LogP) is 4.70. The van der Waals surface area contributed by atoms with Crippen LogP contribution in [0.1, 0.15) is 39.7 Å². The normalized spacial score (nSPS) is 17.6. The van der Waals surface area contributed by atoms with E-state index < -0.39 is 5.97 Å². The molecule has 1 atom stereocenters. The van der Waals surface area contributed by atoms with Gasteiger partial charge in [0.15, 0.2) is 0 Å². The van der Waals surface area contributed by atoms with E-state index in [1.54, 1.807) is 23.5 Å². The summed E-state index contributed by atoms with van der Waals surface area (Å²) in [7, 11) is 0. The zero-order valence-electron chi connectivity index (χ0n) is 10.7. The van der Waals surface area contributed by atoms with Gasteiger partial charge in [0.2, 0.25) is 0 Å². The van der Waals surface area contributed by atoms with Crippen molar-refractivity contribution in [3.8, 4) is 0 Å². The number of hydrogen-bond acceptors (Lipinski definition) is 3. The van der Waals surface area contributed by atoms with Crippen LogP contribution in [0.3, 0.4) is 0 Å². The molecule has 1 aliphatic carbocycles. The molecular weight excluding hydrogens is 338 g/mol. The van der Waals surface area contributed by atoms with Gasteiger partial charge in [0.1, 0.15) is 0 Å². The highest BCUT2D eigenvalue weighted by Crippen LogP contribution is 2.36. The summed E-state index contributed by atoms with van der Waals surface area (Å²) >= 11 is 5.19. The number of aryl methyl sites for hydroxylation is 1. The van der Waals surface area contributed by atoms with Crippen molar-refractivity contribution in [2.75, 3.05) is 5.32 Å². The number of nitrogens with one attached hydrogen (secondary N) is 1. The second-order valence-corrected chi connectivity index (χ2v) is 6.80. The number of carbonyl (C=O) groups is 1. The quantitative estimate of drug-likeness (QED) is 0.842. The fourth-order valence-corrected chi connectivity index (χ4v) is 4.00. The van der Waals surface area contributed by atoms with Crippen LogP contribution in [0.15, 0.2) is 34.1 Å². The molecule has 1 aliphatic rings. The maximum absolute atomic E-state index is 11.3. The molecule has 3 rings (SSSR count). The highest BCUT2D eigenvalue weighted by Gasteiger charge is 2.22.